The SMILES string of the molecule is CCC(=O)[C@@]1(O)O[C@H](COCc2ccccc2)[C@@H](OC(C)=O)[C@H]1OCc1ccccc1. The topological polar surface area (TPSA) is 91.3 Å². The van der Waals surface area contributed by atoms with Crippen molar-refractivity contribution in [2.45, 2.75) is 57.6 Å². The van der Waals surface area contributed by atoms with Crippen LogP contribution in [0, 0.1) is 0 Å². The van der Waals surface area contributed by atoms with Gasteiger partial charge in [-0.3, -0.25) is 9.59 Å². The molecule has 0 spiro atoms. The molecule has 0 amide bonds. The predicted octanol–water partition coefficient (Wildman–Crippen LogP) is 2.79. The molecule has 166 valence electrons. The average molecular weight is 428 g/mol. The first-order chi connectivity index (χ1) is 14.9. The quantitative estimate of drug-likeness (QED) is 0.582. The molecule has 7 nitrogen and oxygen atoms in total. The van der Waals surface area contributed by atoms with Gasteiger partial charge in [-0.1, -0.05) is 67.6 Å². The minimum atomic E-state index is -2.23. The summed E-state index contributed by atoms with van der Waals surface area (Å²) >= 11 is 0. The lowest BCUT2D eigenvalue weighted by Crippen LogP contribution is -2.51. The van der Waals surface area contributed by atoms with E-state index < -0.39 is 35.9 Å². The highest BCUT2D eigenvalue weighted by molar-refractivity contribution is 5.86. The van der Waals surface area contributed by atoms with Crippen molar-refractivity contribution in [3.05, 3.63) is 71.8 Å². The summed E-state index contributed by atoms with van der Waals surface area (Å²) in [4.78, 5) is 24.4. The van der Waals surface area contributed by atoms with Crippen LogP contribution in [0.3, 0.4) is 0 Å². The molecule has 3 rings (SSSR count). The molecule has 0 unspecified atom stereocenters. The number of benzene rings is 2. The summed E-state index contributed by atoms with van der Waals surface area (Å²) < 4.78 is 22.8. The van der Waals surface area contributed by atoms with Gasteiger partial charge in [-0.05, 0) is 11.1 Å². The van der Waals surface area contributed by atoms with Crippen LogP contribution >= 0.6 is 0 Å². The minimum Gasteiger partial charge on any atom is -0.457 e. The monoisotopic (exact) mass is 428 g/mol. The van der Waals surface area contributed by atoms with Crippen molar-refractivity contribution < 1.29 is 33.6 Å². The third-order valence-electron chi connectivity index (χ3n) is 5.07. The predicted molar refractivity (Wildman–Crippen MR) is 112 cm³/mol. The smallest absolute Gasteiger partial charge is 0.303 e. The molecule has 0 aliphatic carbocycles. The molecule has 0 bridgehead atoms. The number of ether oxygens (including phenoxy) is 4. The van der Waals surface area contributed by atoms with Gasteiger partial charge in [0.2, 0.25) is 0 Å². The van der Waals surface area contributed by atoms with E-state index >= 15 is 0 Å². The number of Topliss-reactive ketones (excluding diaryl/α,β-unsaturated/α-hetero) is 1. The Morgan fingerprint density at radius 2 is 1.58 bits per heavy atom. The van der Waals surface area contributed by atoms with Gasteiger partial charge in [0, 0.05) is 13.3 Å². The second-order valence-electron chi connectivity index (χ2n) is 7.42. The molecule has 1 N–H and O–H groups in total. The number of ketones is 1. The number of aliphatic hydroxyl groups is 1. The van der Waals surface area contributed by atoms with Gasteiger partial charge in [-0.25, -0.2) is 0 Å². The van der Waals surface area contributed by atoms with E-state index in [1.807, 2.05) is 60.7 Å². The maximum Gasteiger partial charge on any atom is 0.303 e. The van der Waals surface area contributed by atoms with Crippen molar-refractivity contribution in [2.75, 3.05) is 6.61 Å². The molecule has 2 aromatic carbocycles. The molecule has 1 heterocycles. The maximum absolute atomic E-state index is 12.6. The fourth-order valence-electron chi connectivity index (χ4n) is 3.55. The fourth-order valence-corrected chi connectivity index (χ4v) is 3.55. The van der Waals surface area contributed by atoms with Gasteiger partial charge in [0.25, 0.3) is 5.79 Å². The van der Waals surface area contributed by atoms with Crippen molar-refractivity contribution in [1.82, 2.24) is 0 Å². The molecule has 1 aliphatic rings. The van der Waals surface area contributed by atoms with Gasteiger partial charge < -0.3 is 24.1 Å². The van der Waals surface area contributed by atoms with Crippen LogP contribution in [0.1, 0.15) is 31.4 Å². The Hall–Kier alpha value is -2.58. The summed E-state index contributed by atoms with van der Waals surface area (Å²) in [5, 5.41) is 11.1. The van der Waals surface area contributed by atoms with E-state index in [-0.39, 0.29) is 19.6 Å². The third kappa shape index (κ3) is 5.77. The van der Waals surface area contributed by atoms with Crippen molar-refractivity contribution in [3.8, 4) is 0 Å². The number of hydrogen-bond acceptors (Lipinski definition) is 7. The van der Waals surface area contributed by atoms with Crippen LogP contribution in [0.2, 0.25) is 0 Å². The second-order valence-corrected chi connectivity index (χ2v) is 7.42. The van der Waals surface area contributed by atoms with E-state index in [9.17, 15) is 14.7 Å². The molecule has 0 saturated carbocycles. The van der Waals surface area contributed by atoms with Crippen molar-refractivity contribution in [1.29, 1.82) is 0 Å². The van der Waals surface area contributed by atoms with Crippen LogP contribution in [-0.2, 0) is 41.8 Å². The Balaban J connectivity index is 1.77. The highest BCUT2D eigenvalue weighted by atomic mass is 16.7. The van der Waals surface area contributed by atoms with Crippen LogP contribution in [0.25, 0.3) is 0 Å². The lowest BCUT2D eigenvalue weighted by Gasteiger charge is -2.28. The molecule has 1 saturated heterocycles. The summed E-state index contributed by atoms with van der Waals surface area (Å²) in [7, 11) is 0. The summed E-state index contributed by atoms with van der Waals surface area (Å²) in [6.45, 7) is 3.32. The summed E-state index contributed by atoms with van der Waals surface area (Å²) in [5.41, 5.74) is 1.81. The Bertz CT molecular complexity index is 855. The highest BCUT2D eigenvalue weighted by Gasteiger charge is 2.60. The van der Waals surface area contributed by atoms with Gasteiger partial charge in [0.05, 0.1) is 19.8 Å². The van der Waals surface area contributed by atoms with Crippen LogP contribution in [0.4, 0.5) is 0 Å². The molecule has 1 fully saturated rings. The molecule has 0 aromatic heterocycles. The molecular weight excluding hydrogens is 400 g/mol. The largest absolute Gasteiger partial charge is 0.457 e. The van der Waals surface area contributed by atoms with Crippen LogP contribution in [-0.4, -0.2) is 47.6 Å². The van der Waals surface area contributed by atoms with E-state index in [0.717, 1.165) is 11.1 Å². The third-order valence-corrected chi connectivity index (χ3v) is 5.07. The number of rotatable bonds is 10. The lowest BCUT2D eigenvalue weighted by atomic mass is 9.99. The average Bonchev–Trinajstić information content (AvgIpc) is 3.04. The summed E-state index contributed by atoms with van der Waals surface area (Å²) in [6, 6.07) is 18.9. The minimum absolute atomic E-state index is 0.0113. The van der Waals surface area contributed by atoms with Crippen molar-refractivity contribution in [3.63, 3.8) is 0 Å². The molecule has 0 radical (unpaired) electrons. The Kier molecular flexibility index (Phi) is 7.92. The lowest BCUT2D eigenvalue weighted by molar-refractivity contribution is -0.233. The van der Waals surface area contributed by atoms with Gasteiger partial charge in [-0.2, -0.15) is 0 Å². The number of carbonyl (C=O) groups excluding carboxylic acids is 2. The Labute approximate surface area is 181 Å². The zero-order chi connectivity index (χ0) is 22.3. The van der Waals surface area contributed by atoms with Gasteiger partial charge in [0.15, 0.2) is 18.0 Å². The number of hydrogen-bond donors (Lipinski definition) is 1. The molecule has 2 aromatic rings. The zero-order valence-electron chi connectivity index (χ0n) is 17.7. The molecule has 31 heavy (non-hydrogen) atoms. The molecular formula is C24H28O7. The molecule has 7 heteroatoms. The first-order valence-electron chi connectivity index (χ1n) is 10.3. The second kappa shape index (κ2) is 10.6. The van der Waals surface area contributed by atoms with E-state index in [2.05, 4.69) is 0 Å². The highest BCUT2D eigenvalue weighted by Crippen LogP contribution is 2.36. The molecule has 4 atom stereocenters. The van der Waals surface area contributed by atoms with Crippen molar-refractivity contribution in [2.24, 2.45) is 0 Å². The number of esters is 1. The molecule has 1 aliphatic heterocycles. The van der Waals surface area contributed by atoms with Gasteiger partial charge >= 0.3 is 5.97 Å². The summed E-state index contributed by atoms with van der Waals surface area (Å²) in [6.07, 6.45) is -3.02. The standard InChI is InChI=1S/C24H28O7/c1-3-21(26)24(27)23(29-15-19-12-8-5-9-13-19)22(30-17(2)25)20(31-24)16-28-14-18-10-6-4-7-11-18/h4-13,20,22-23,27H,3,14-16H2,1-2H3/t20-,22-,23-,24-/m1/s1. The Morgan fingerprint density at radius 3 is 2.13 bits per heavy atom. The van der Waals surface area contributed by atoms with Crippen LogP contribution < -0.4 is 0 Å². The zero-order valence-corrected chi connectivity index (χ0v) is 17.7. The Morgan fingerprint density at radius 1 is 1.00 bits per heavy atom. The van der Waals surface area contributed by atoms with E-state index in [4.69, 9.17) is 18.9 Å². The van der Waals surface area contributed by atoms with Crippen LogP contribution in [0.15, 0.2) is 60.7 Å². The fraction of sp³-hybridized carbons (Fsp3) is 0.417. The first-order valence-corrected chi connectivity index (χ1v) is 10.3. The van der Waals surface area contributed by atoms with E-state index in [1.54, 1.807) is 6.92 Å². The number of carbonyl (C=O) groups is 2. The maximum atomic E-state index is 12.6. The first kappa shape index (κ1) is 23.1. The summed E-state index contributed by atoms with van der Waals surface area (Å²) in [5.74, 6) is -3.35. The van der Waals surface area contributed by atoms with Crippen molar-refractivity contribution >= 4 is 11.8 Å². The van der Waals surface area contributed by atoms with Gasteiger partial charge in [-0.15, -0.1) is 0 Å². The normalized spacial score (nSPS) is 25.3. The van der Waals surface area contributed by atoms with E-state index in [1.165, 1.54) is 6.92 Å². The van der Waals surface area contributed by atoms with E-state index in [0.29, 0.717) is 6.61 Å². The van der Waals surface area contributed by atoms with Gasteiger partial charge in [0.1, 0.15) is 6.10 Å². The van der Waals surface area contributed by atoms with Crippen LogP contribution in [0.5, 0.6) is 0 Å².